The van der Waals surface area contributed by atoms with Crippen molar-refractivity contribution in [1.29, 1.82) is 0 Å². The average Bonchev–Trinajstić information content (AvgIpc) is 2.85. The summed E-state index contributed by atoms with van der Waals surface area (Å²) in [6, 6.07) is 10.5. The first-order chi connectivity index (χ1) is 8.90. The van der Waals surface area contributed by atoms with Gasteiger partial charge in [-0.2, -0.15) is 5.10 Å². The van der Waals surface area contributed by atoms with Gasteiger partial charge in [-0.15, -0.1) is 0 Å². The predicted molar refractivity (Wildman–Crippen MR) is 70.3 cm³/mol. The van der Waals surface area contributed by atoms with E-state index in [0.717, 1.165) is 11.1 Å². The third kappa shape index (κ3) is 1.76. The van der Waals surface area contributed by atoms with Crippen molar-refractivity contribution < 1.29 is 0 Å². The van der Waals surface area contributed by atoms with E-state index in [1.807, 2.05) is 48.4 Å². The molecule has 1 N–H and O–H groups in total. The lowest BCUT2D eigenvalue weighted by Gasteiger charge is -2.15. The van der Waals surface area contributed by atoms with E-state index < -0.39 is 0 Å². The van der Waals surface area contributed by atoms with Crippen LogP contribution < -0.4 is 5.32 Å². The number of hydrogen-bond donors (Lipinski definition) is 1. The zero-order valence-electron chi connectivity index (χ0n) is 10.1. The van der Waals surface area contributed by atoms with Crippen LogP contribution in [0.1, 0.15) is 17.2 Å². The maximum atomic E-state index is 4.35. The van der Waals surface area contributed by atoms with Gasteiger partial charge in [-0.25, -0.2) is 4.52 Å². The van der Waals surface area contributed by atoms with E-state index in [1.54, 1.807) is 6.20 Å². The monoisotopic (exact) mass is 238 g/mol. The zero-order valence-corrected chi connectivity index (χ0v) is 10.1. The van der Waals surface area contributed by atoms with Crippen LogP contribution in [0.15, 0.2) is 55.1 Å². The number of nitrogens with zero attached hydrogens (tertiary/aromatic N) is 3. The van der Waals surface area contributed by atoms with Crippen LogP contribution in [0.25, 0.3) is 5.52 Å². The highest BCUT2D eigenvalue weighted by molar-refractivity contribution is 5.55. The van der Waals surface area contributed by atoms with Crippen LogP contribution in [0, 0.1) is 0 Å². The van der Waals surface area contributed by atoms with E-state index >= 15 is 0 Å². The van der Waals surface area contributed by atoms with E-state index in [-0.39, 0.29) is 6.04 Å². The fraction of sp³-hybridized carbons (Fsp3) is 0.143. The van der Waals surface area contributed by atoms with Crippen LogP contribution in [0.3, 0.4) is 0 Å². The highest BCUT2D eigenvalue weighted by Gasteiger charge is 2.16. The Morgan fingerprint density at radius 1 is 1.17 bits per heavy atom. The minimum Gasteiger partial charge on any atom is -0.309 e. The predicted octanol–water partition coefficient (Wildman–Crippen LogP) is 2.04. The standard InChI is InChI=1S/C14H14N4/c1-15-14(11-5-3-2-4-6-11)12-9-17-18-8-7-16-10-13(12)18/h2-10,14-15H,1H3. The van der Waals surface area contributed by atoms with Crippen molar-refractivity contribution in [1.82, 2.24) is 19.9 Å². The maximum Gasteiger partial charge on any atom is 0.0896 e. The third-order valence-electron chi connectivity index (χ3n) is 3.09. The Morgan fingerprint density at radius 3 is 2.78 bits per heavy atom. The second kappa shape index (κ2) is 4.58. The molecule has 0 aliphatic carbocycles. The average molecular weight is 238 g/mol. The molecule has 0 aliphatic heterocycles. The van der Waals surface area contributed by atoms with Gasteiger partial charge in [0.1, 0.15) is 0 Å². The molecule has 0 aliphatic rings. The molecule has 0 radical (unpaired) electrons. The zero-order chi connectivity index (χ0) is 12.4. The second-order valence-electron chi connectivity index (χ2n) is 4.14. The fourth-order valence-corrected chi connectivity index (χ4v) is 2.22. The molecule has 18 heavy (non-hydrogen) atoms. The lowest BCUT2D eigenvalue weighted by atomic mass is 10.0. The minimum atomic E-state index is 0.132. The lowest BCUT2D eigenvalue weighted by molar-refractivity contribution is 0.696. The molecule has 0 saturated heterocycles. The molecule has 0 amide bonds. The van der Waals surface area contributed by atoms with Crippen LogP contribution >= 0.6 is 0 Å². The number of nitrogens with one attached hydrogen (secondary N) is 1. The quantitative estimate of drug-likeness (QED) is 0.759. The van der Waals surface area contributed by atoms with E-state index in [2.05, 4.69) is 27.5 Å². The Balaban J connectivity index is 2.12. The van der Waals surface area contributed by atoms with E-state index in [4.69, 9.17) is 0 Å². The summed E-state index contributed by atoms with van der Waals surface area (Å²) in [6.07, 6.45) is 7.33. The summed E-state index contributed by atoms with van der Waals surface area (Å²) in [4.78, 5) is 4.17. The van der Waals surface area contributed by atoms with Gasteiger partial charge in [-0.1, -0.05) is 30.3 Å². The molecule has 0 fully saturated rings. The molecular formula is C14H14N4. The molecule has 0 bridgehead atoms. The van der Waals surface area contributed by atoms with E-state index in [0.29, 0.717) is 0 Å². The van der Waals surface area contributed by atoms with Crippen molar-refractivity contribution in [2.75, 3.05) is 7.05 Å². The molecule has 1 unspecified atom stereocenters. The number of rotatable bonds is 3. The van der Waals surface area contributed by atoms with Crippen molar-refractivity contribution in [2.24, 2.45) is 0 Å². The lowest BCUT2D eigenvalue weighted by Crippen LogP contribution is -2.17. The van der Waals surface area contributed by atoms with Crippen molar-refractivity contribution in [3.05, 3.63) is 66.2 Å². The van der Waals surface area contributed by atoms with Crippen molar-refractivity contribution >= 4 is 5.52 Å². The van der Waals surface area contributed by atoms with Crippen LogP contribution in [0.4, 0.5) is 0 Å². The molecule has 0 saturated carbocycles. The second-order valence-corrected chi connectivity index (χ2v) is 4.14. The molecule has 2 aromatic heterocycles. The summed E-state index contributed by atoms with van der Waals surface area (Å²) in [6.45, 7) is 0. The summed E-state index contributed by atoms with van der Waals surface area (Å²) >= 11 is 0. The molecule has 3 aromatic rings. The third-order valence-corrected chi connectivity index (χ3v) is 3.09. The fourth-order valence-electron chi connectivity index (χ4n) is 2.22. The summed E-state index contributed by atoms with van der Waals surface area (Å²) in [5.41, 5.74) is 3.39. The first-order valence-electron chi connectivity index (χ1n) is 5.89. The normalized spacial score (nSPS) is 12.7. The van der Waals surface area contributed by atoms with Gasteiger partial charge < -0.3 is 5.32 Å². The summed E-state index contributed by atoms with van der Waals surface area (Å²) < 4.78 is 1.84. The Hall–Kier alpha value is -2.20. The van der Waals surface area contributed by atoms with Gasteiger partial charge in [0.05, 0.1) is 24.0 Å². The number of fused-ring (bicyclic) bond motifs is 1. The van der Waals surface area contributed by atoms with Gasteiger partial charge >= 0.3 is 0 Å². The van der Waals surface area contributed by atoms with Crippen LogP contribution in [-0.2, 0) is 0 Å². The topological polar surface area (TPSA) is 42.2 Å². The van der Waals surface area contributed by atoms with Gasteiger partial charge in [0.25, 0.3) is 0 Å². The molecule has 1 aromatic carbocycles. The van der Waals surface area contributed by atoms with Gasteiger partial charge in [-0.3, -0.25) is 4.98 Å². The van der Waals surface area contributed by atoms with E-state index in [1.165, 1.54) is 5.56 Å². The first-order valence-corrected chi connectivity index (χ1v) is 5.89. The number of aromatic nitrogens is 3. The Labute approximate surface area is 105 Å². The minimum absolute atomic E-state index is 0.132. The van der Waals surface area contributed by atoms with Crippen LogP contribution in [-0.4, -0.2) is 21.6 Å². The largest absolute Gasteiger partial charge is 0.309 e. The highest BCUT2D eigenvalue weighted by Crippen LogP contribution is 2.24. The molecule has 4 nitrogen and oxygen atoms in total. The van der Waals surface area contributed by atoms with Crippen LogP contribution in [0.2, 0.25) is 0 Å². The Morgan fingerprint density at radius 2 is 2.00 bits per heavy atom. The van der Waals surface area contributed by atoms with Crippen molar-refractivity contribution in [3.63, 3.8) is 0 Å². The van der Waals surface area contributed by atoms with Gasteiger partial charge in [0.2, 0.25) is 0 Å². The number of benzene rings is 1. The molecule has 2 heterocycles. The number of hydrogen-bond acceptors (Lipinski definition) is 3. The SMILES string of the molecule is CNC(c1ccccc1)c1cnn2ccncc12. The van der Waals surface area contributed by atoms with Gasteiger partial charge in [-0.05, 0) is 12.6 Å². The molecule has 3 rings (SSSR count). The summed E-state index contributed by atoms with van der Waals surface area (Å²) in [5.74, 6) is 0. The summed E-state index contributed by atoms with van der Waals surface area (Å²) in [5, 5.41) is 7.68. The molecule has 1 atom stereocenters. The Bertz CT molecular complexity index is 645. The van der Waals surface area contributed by atoms with Crippen molar-refractivity contribution in [2.45, 2.75) is 6.04 Å². The van der Waals surface area contributed by atoms with Gasteiger partial charge in [0.15, 0.2) is 0 Å². The van der Waals surface area contributed by atoms with Gasteiger partial charge in [0, 0.05) is 18.0 Å². The van der Waals surface area contributed by atoms with E-state index in [9.17, 15) is 0 Å². The highest BCUT2D eigenvalue weighted by atomic mass is 15.2. The maximum absolute atomic E-state index is 4.35. The smallest absolute Gasteiger partial charge is 0.0896 e. The molecule has 4 heteroatoms. The molecular weight excluding hydrogens is 224 g/mol. The Kier molecular flexibility index (Phi) is 2.78. The molecule has 90 valence electrons. The van der Waals surface area contributed by atoms with Crippen molar-refractivity contribution in [3.8, 4) is 0 Å². The molecule has 0 spiro atoms. The first kappa shape index (κ1) is 10.9. The van der Waals surface area contributed by atoms with Crippen LogP contribution in [0.5, 0.6) is 0 Å². The summed E-state index contributed by atoms with van der Waals surface area (Å²) in [7, 11) is 1.96.